The molecule has 0 atom stereocenters. The zero-order valence-corrected chi connectivity index (χ0v) is 26.5. The van der Waals surface area contributed by atoms with Crippen LogP contribution in [-0.2, 0) is 13.1 Å². The van der Waals surface area contributed by atoms with Crippen LogP contribution in [0.15, 0.2) is 61.1 Å². The Kier molecular flexibility index (Phi) is 9.78. The molecule has 3 heterocycles. The van der Waals surface area contributed by atoms with Crippen molar-refractivity contribution in [3.8, 4) is 17.7 Å². The zero-order chi connectivity index (χ0) is 32.0. The first-order valence-electron chi connectivity index (χ1n) is 14.9. The Morgan fingerprint density at radius 2 is 1.76 bits per heavy atom. The lowest BCUT2D eigenvalue weighted by Crippen LogP contribution is -2.43. The molecular weight excluding hydrogens is 568 g/mol. The molecule has 1 fully saturated rings. The fraction of sp³-hybridized carbons (Fsp3) is 0.353. The Hall–Kier alpha value is -4.76. The fourth-order valence-corrected chi connectivity index (χ4v) is 4.89. The largest absolute Gasteiger partial charge is 0.478 e. The molecule has 1 aliphatic heterocycles. The van der Waals surface area contributed by atoms with E-state index in [2.05, 4.69) is 66.5 Å². The number of hydrogen-bond acceptors (Lipinski definition) is 9. The summed E-state index contributed by atoms with van der Waals surface area (Å²) in [6.45, 7) is 10.9. The SMILES string of the molecule is COc1nn(CC(C)(C)O)cc1Nc1ncc(C#Cc2cc(C(=O)Nc3ccc(CN4CCN(C)CC4)cc3)ccc2C)cn1. The van der Waals surface area contributed by atoms with Crippen LogP contribution in [0.3, 0.4) is 0 Å². The first kappa shape index (κ1) is 31.7. The number of nitrogens with one attached hydrogen (secondary N) is 2. The minimum atomic E-state index is -0.927. The molecule has 1 amide bonds. The van der Waals surface area contributed by atoms with Gasteiger partial charge in [0.25, 0.3) is 11.8 Å². The molecule has 0 spiro atoms. The van der Waals surface area contributed by atoms with E-state index in [0.717, 1.165) is 49.5 Å². The molecule has 0 saturated carbocycles. The summed E-state index contributed by atoms with van der Waals surface area (Å²) in [5, 5.41) is 20.5. The number of benzene rings is 2. The Balaban J connectivity index is 1.20. The lowest BCUT2D eigenvalue weighted by atomic mass is 10.0. The van der Waals surface area contributed by atoms with Crippen molar-refractivity contribution >= 4 is 23.2 Å². The van der Waals surface area contributed by atoms with Gasteiger partial charge in [-0.1, -0.05) is 30.0 Å². The molecule has 45 heavy (non-hydrogen) atoms. The van der Waals surface area contributed by atoms with Crippen molar-refractivity contribution in [1.29, 1.82) is 0 Å². The summed E-state index contributed by atoms with van der Waals surface area (Å²) in [7, 11) is 3.68. The lowest BCUT2D eigenvalue weighted by Gasteiger charge is -2.32. The molecule has 0 bridgehead atoms. The van der Waals surface area contributed by atoms with Gasteiger partial charge >= 0.3 is 0 Å². The summed E-state index contributed by atoms with van der Waals surface area (Å²) in [6.07, 6.45) is 4.97. The van der Waals surface area contributed by atoms with E-state index in [-0.39, 0.29) is 5.91 Å². The van der Waals surface area contributed by atoms with E-state index in [1.807, 2.05) is 25.1 Å². The van der Waals surface area contributed by atoms with Gasteiger partial charge in [-0.2, -0.15) is 0 Å². The summed E-state index contributed by atoms with van der Waals surface area (Å²) in [5.74, 6) is 6.77. The van der Waals surface area contributed by atoms with Crippen LogP contribution in [0.5, 0.6) is 5.88 Å². The van der Waals surface area contributed by atoms with Crippen molar-refractivity contribution < 1.29 is 14.6 Å². The van der Waals surface area contributed by atoms with E-state index >= 15 is 0 Å². The quantitative estimate of drug-likeness (QED) is 0.243. The monoisotopic (exact) mass is 608 g/mol. The molecule has 234 valence electrons. The fourth-order valence-electron chi connectivity index (χ4n) is 4.89. The first-order valence-corrected chi connectivity index (χ1v) is 14.9. The standard InChI is InChI=1S/C34H40N8O3/c1-24-6-10-28(31(43)37-29-12-8-25(9-13-29)21-41-16-14-40(4)15-17-41)18-27(24)11-7-26-19-35-33(36-20-26)38-30-22-42(23-34(2,3)44)39-32(30)45-5/h6,8-10,12-13,18-20,22,44H,14-17,21,23H2,1-5H3,(H,37,43)(H,35,36,38). The minimum Gasteiger partial charge on any atom is -0.478 e. The predicted molar refractivity (Wildman–Crippen MR) is 175 cm³/mol. The number of piperazine rings is 1. The molecule has 0 aliphatic carbocycles. The highest BCUT2D eigenvalue weighted by Gasteiger charge is 2.18. The van der Waals surface area contributed by atoms with Crippen LogP contribution >= 0.6 is 0 Å². The van der Waals surface area contributed by atoms with Crippen molar-refractivity contribution in [2.24, 2.45) is 0 Å². The lowest BCUT2D eigenvalue weighted by molar-refractivity contribution is 0.0574. The normalized spacial score (nSPS) is 14.0. The van der Waals surface area contributed by atoms with Crippen molar-refractivity contribution in [3.05, 3.63) is 88.9 Å². The molecule has 1 saturated heterocycles. The number of hydrogen-bond donors (Lipinski definition) is 3. The Labute approximate surface area is 264 Å². The highest BCUT2D eigenvalue weighted by Crippen LogP contribution is 2.25. The smallest absolute Gasteiger partial charge is 0.256 e. The molecule has 0 unspecified atom stereocenters. The zero-order valence-electron chi connectivity index (χ0n) is 26.5. The van der Waals surface area contributed by atoms with Crippen LogP contribution in [-0.4, -0.2) is 86.5 Å². The van der Waals surface area contributed by atoms with Gasteiger partial charge in [0.2, 0.25) is 5.95 Å². The molecule has 11 nitrogen and oxygen atoms in total. The number of nitrogens with zero attached hydrogens (tertiary/aromatic N) is 6. The van der Waals surface area contributed by atoms with Gasteiger partial charge in [-0.15, -0.1) is 5.10 Å². The summed E-state index contributed by atoms with van der Waals surface area (Å²) in [5.41, 5.74) is 4.49. The number of amides is 1. The highest BCUT2D eigenvalue weighted by molar-refractivity contribution is 6.04. The number of likely N-dealkylation sites (N-methyl/N-ethyl adjacent to an activating group) is 1. The molecule has 4 aromatic rings. The van der Waals surface area contributed by atoms with Crippen LogP contribution < -0.4 is 15.4 Å². The average molecular weight is 609 g/mol. The minimum absolute atomic E-state index is 0.190. The van der Waals surface area contributed by atoms with Crippen molar-refractivity contribution in [1.82, 2.24) is 29.5 Å². The topological polar surface area (TPSA) is 121 Å². The number of aryl methyl sites for hydroxylation is 1. The number of aromatic nitrogens is 4. The number of anilines is 3. The number of methoxy groups -OCH3 is 1. The van der Waals surface area contributed by atoms with Gasteiger partial charge in [0.05, 0.1) is 31.0 Å². The maximum absolute atomic E-state index is 13.1. The maximum atomic E-state index is 13.1. The van der Waals surface area contributed by atoms with Crippen LogP contribution in [0, 0.1) is 18.8 Å². The third kappa shape index (κ3) is 8.89. The van der Waals surface area contributed by atoms with E-state index < -0.39 is 5.60 Å². The summed E-state index contributed by atoms with van der Waals surface area (Å²) in [4.78, 5) is 26.6. The van der Waals surface area contributed by atoms with Gasteiger partial charge in [0, 0.05) is 61.9 Å². The van der Waals surface area contributed by atoms with Gasteiger partial charge in [-0.05, 0) is 63.2 Å². The first-order chi connectivity index (χ1) is 21.5. The van der Waals surface area contributed by atoms with Gasteiger partial charge in [0.15, 0.2) is 0 Å². The molecule has 3 N–H and O–H groups in total. The highest BCUT2D eigenvalue weighted by atomic mass is 16.5. The van der Waals surface area contributed by atoms with Gasteiger partial charge < -0.3 is 25.4 Å². The van der Waals surface area contributed by atoms with Gasteiger partial charge in [0.1, 0.15) is 5.69 Å². The summed E-state index contributed by atoms with van der Waals surface area (Å²) < 4.78 is 6.94. The van der Waals surface area contributed by atoms with Crippen molar-refractivity contribution in [2.45, 2.75) is 39.5 Å². The number of carbonyl (C=O) groups excluding carboxylic acids is 1. The van der Waals surface area contributed by atoms with E-state index in [1.165, 1.54) is 12.7 Å². The van der Waals surface area contributed by atoms with Crippen molar-refractivity contribution in [3.63, 3.8) is 0 Å². The second-order valence-electron chi connectivity index (χ2n) is 12.0. The number of rotatable bonds is 9. The number of carbonyl (C=O) groups is 1. The number of ether oxygens (including phenoxy) is 1. The molecule has 11 heteroatoms. The molecule has 2 aromatic carbocycles. The van der Waals surface area contributed by atoms with E-state index in [0.29, 0.717) is 35.2 Å². The molecule has 0 radical (unpaired) electrons. The van der Waals surface area contributed by atoms with Crippen LogP contribution in [0.4, 0.5) is 17.3 Å². The summed E-state index contributed by atoms with van der Waals surface area (Å²) in [6, 6.07) is 13.6. The Morgan fingerprint density at radius 3 is 2.42 bits per heavy atom. The average Bonchev–Trinajstić information content (AvgIpc) is 3.38. The molecule has 5 rings (SSSR count). The van der Waals surface area contributed by atoms with Gasteiger partial charge in [-0.25, -0.2) is 9.97 Å². The van der Waals surface area contributed by atoms with Crippen molar-refractivity contribution in [2.75, 3.05) is 51.0 Å². The predicted octanol–water partition coefficient (Wildman–Crippen LogP) is 3.90. The maximum Gasteiger partial charge on any atom is 0.256 e. The Bertz CT molecular complexity index is 1670. The molecule has 1 aliphatic rings. The third-order valence-electron chi connectivity index (χ3n) is 7.42. The van der Waals surface area contributed by atoms with Gasteiger partial charge in [-0.3, -0.25) is 14.4 Å². The second-order valence-corrected chi connectivity index (χ2v) is 12.0. The van der Waals surface area contributed by atoms with Crippen LogP contribution in [0.1, 0.15) is 46.5 Å². The number of aliphatic hydroxyl groups is 1. The summed E-state index contributed by atoms with van der Waals surface area (Å²) >= 11 is 0. The molecule has 2 aromatic heterocycles. The van der Waals surface area contributed by atoms with E-state index in [4.69, 9.17) is 4.74 Å². The van der Waals surface area contributed by atoms with Crippen LogP contribution in [0.25, 0.3) is 0 Å². The third-order valence-corrected chi connectivity index (χ3v) is 7.42. The Morgan fingerprint density at radius 1 is 1.04 bits per heavy atom. The molecular formula is C34H40N8O3. The van der Waals surface area contributed by atoms with E-state index in [1.54, 1.807) is 49.3 Å². The second kappa shape index (κ2) is 13.9. The van der Waals surface area contributed by atoms with E-state index in [9.17, 15) is 9.90 Å². The van der Waals surface area contributed by atoms with Crippen LogP contribution in [0.2, 0.25) is 0 Å².